The molecule has 4 atom stereocenters. The number of aliphatic hydroxyl groups excluding tert-OH is 1. The van der Waals surface area contributed by atoms with Gasteiger partial charge in [-0.2, -0.15) is 18.3 Å². The summed E-state index contributed by atoms with van der Waals surface area (Å²) < 4.78 is 58.8. The molecule has 212 valence electrons. The molecular weight excluding hydrogens is 526 g/mol. The number of aliphatic hydroxyl groups is 2. The first-order valence-corrected chi connectivity index (χ1v) is 12.7. The van der Waals surface area contributed by atoms with Gasteiger partial charge in [-0.15, -0.1) is 0 Å². The van der Waals surface area contributed by atoms with Gasteiger partial charge in [0.1, 0.15) is 5.69 Å². The molecular formula is C25H29F4N5O5. The number of methoxy groups -OCH3 is 1. The van der Waals surface area contributed by atoms with Crippen LogP contribution in [-0.4, -0.2) is 85.2 Å². The lowest BCUT2D eigenvalue weighted by atomic mass is 9.78. The predicted octanol–water partition coefficient (Wildman–Crippen LogP) is 2.33. The number of likely N-dealkylation sites (tertiary alicyclic amines) is 1. The molecule has 3 fully saturated rings. The number of halogens is 4. The third kappa shape index (κ3) is 4.95. The number of H-pyrrole nitrogens is 1. The van der Waals surface area contributed by atoms with Gasteiger partial charge in [0.05, 0.1) is 25.1 Å². The Balaban J connectivity index is 1.21. The van der Waals surface area contributed by atoms with Crippen molar-refractivity contribution < 1.29 is 42.1 Å². The smallest absolute Gasteiger partial charge is 0.419 e. The van der Waals surface area contributed by atoms with Crippen LogP contribution in [0, 0.1) is 11.7 Å². The highest BCUT2D eigenvalue weighted by Gasteiger charge is 2.60. The van der Waals surface area contributed by atoms with E-state index in [4.69, 9.17) is 4.74 Å². The highest BCUT2D eigenvalue weighted by Crippen LogP contribution is 2.50. The molecule has 4 N–H and O–H groups in total. The van der Waals surface area contributed by atoms with E-state index in [0.29, 0.717) is 25.7 Å². The van der Waals surface area contributed by atoms with Crippen LogP contribution < -0.4 is 10.1 Å². The summed E-state index contributed by atoms with van der Waals surface area (Å²) in [6.45, 7) is 0.282. The standard InChI is InChI=1S/C25H29F4N5O5/c1-39-20-9-15(16(26)12-30-20)17-10-18(33-32-17)22(37)34-7-3-13(11-23(34)5-6-23)21(36)31-14-2-4-24(38,19(35)8-14)25(27,28)29/h9-10,12-14,19,35,38H,2-8,11H2,1H3,(H,31,36)(H,32,33)/t13-,14+,19+,24-/m0/s1. The SMILES string of the molecule is COc1cc(-c2cc(C(=O)N3CC[C@H](C(=O)N[C@@H]4CC[C@@](O)(C(F)(F)F)[C@H](O)C4)CC34CC4)[nH]n2)c(F)cn1. The van der Waals surface area contributed by atoms with E-state index in [1.54, 1.807) is 4.90 Å². The predicted molar refractivity (Wildman–Crippen MR) is 127 cm³/mol. The minimum atomic E-state index is -4.96. The first-order chi connectivity index (χ1) is 18.4. The minimum Gasteiger partial charge on any atom is -0.481 e. The number of nitrogens with one attached hydrogen (secondary N) is 2. The molecule has 2 saturated carbocycles. The third-order valence-electron chi connectivity index (χ3n) is 8.24. The number of piperidine rings is 1. The van der Waals surface area contributed by atoms with E-state index < -0.39 is 54.0 Å². The molecule has 1 saturated heterocycles. The number of hydrogen-bond donors (Lipinski definition) is 4. The summed E-state index contributed by atoms with van der Waals surface area (Å²) in [7, 11) is 1.40. The number of nitrogens with zero attached hydrogens (tertiary/aromatic N) is 3. The average molecular weight is 556 g/mol. The lowest BCUT2D eigenvalue weighted by Gasteiger charge is -2.42. The van der Waals surface area contributed by atoms with Crippen LogP contribution in [-0.2, 0) is 4.79 Å². The summed E-state index contributed by atoms with van der Waals surface area (Å²) in [6.07, 6.45) is -5.10. The molecule has 0 aromatic carbocycles. The molecule has 2 amide bonds. The second-order valence-corrected chi connectivity index (χ2v) is 10.7. The van der Waals surface area contributed by atoms with Crippen LogP contribution in [0.25, 0.3) is 11.3 Å². The van der Waals surface area contributed by atoms with Crippen molar-refractivity contribution in [3.8, 4) is 17.1 Å². The number of carbonyl (C=O) groups excluding carboxylic acids is 2. The van der Waals surface area contributed by atoms with Crippen molar-refractivity contribution >= 4 is 11.8 Å². The van der Waals surface area contributed by atoms with Crippen LogP contribution in [0.5, 0.6) is 5.88 Å². The monoisotopic (exact) mass is 555 g/mol. The largest absolute Gasteiger partial charge is 0.481 e. The van der Waals surface area contributed by atoms with Crippen molar-refractivity contribution in [1.82, 2.24) is 25.4 Å². The number of aromatic amines is 1. The second kappa shape index (κ2) is 9.73. The Bertz CT molecular complexity index is 1270. The number of amides is 2. The zero-order valence-corrected chi connectivity index (χ0v) is 21.1. The van der Waals surface area contributed by atoms with E-state index >= 15 is 0 Å². The minimum absolute atomic E-state index is 0.118. The van der Waals surface area contributed by atoms with Crippen LogP contribution in [0.15, 0.2) is 18.3 Å². The Morgan fingerprint density at radius 1 is 1.23 bits per heavy atom. The maximum atomic E-state index is 14.3. The molecule has 2 aromatic rings. The lowest BCUT2D eigenvalue weighted by Crippen LogP contribution is -2.60. The molecule has 3 heterocycles. The Kier molecular flexibility index (Phi) is 6.82. The van der Waals surface area contributed by atoms with Crippen LogP contribution in [0.3, 0.4) is 0 Å². The molecule has 5 rings (SSSR count). The molecule has 3 aliphatic rings. The van der Waals surface area contributed by atoms with Gasteiger partial charge in [0, 0.05) is 35.7 Å². The molecule has 2 aromatic heterocycles. The van der Waals surface area contributed by atoms with Gasteiger partial charge in [0.2, 0.25) is 11.8 Å². The molecule has 0 bridgehead atoms. The Hall–Kier alpha value is -3.26. The maximum Gasteiger partial charge on any atom is 0.419 e. The van der Waals surface area contributed by atoms with Crippen LogP contribution >= 0.6 is 0 Å². The summed E-state index contributed by atoms with van der Waals surface area (Å²) >= 11 is 0. The fraction of sp³-hybridized carbons (Fsp3) is 0.600. The Labute approximate surface area is 220 Å². The van der Waals surface area contributed by atoms with E-state index in [-0.39, 0.29) is 47.6 Å². The summed E-state index contributed by atoms with van der Waals surface area (Å²) in [5.74, 6) is -1.55. The topological polar surface area (TPSA) is 141 Å². The summed E-state index contributed by atoms with van der Waals surface area (Å²) in [5, 5.41) is 29.3. The molecule has 10 nitrogen and oxygen atoms in total. The average Bonchev–Trinajstić information content (AvgIpc) is 3.46. The van der Waals surface area contributed by atoms with Crippen molar-refractivity contribution in [1.29, 1.82) is 0 Å². The van der Waals surface area contributed by atoms with Gasteiger partial charge < -0.3 is 25.2 Å². The van der Waals surface area contributed by atoms with Gasteiger partial charge in [-0.1, -0.05) is 0 Å². The molecule has 0 unspecified atom stereocenters. The zero-order valence-electron chi connectivity index (χ0n) is 21.1. The van der Waals surface area contributed by atoms with Crippen LogP contribution in [0.4, 0.5) is 17.6 Å². The van der Waals surface area contributed by atoms with Crippen molar-refractivity contribution in [3.05, 3.63) is 29.8 Å². The van der Waals surface area contributed by atoms with Gasteiger partial charge in [0.15, 0.2) is 11.4 Å². The van der Waals surface area contributed by atoms with Gasteiger partial charge in [-0.25, -0.2) is 9.37 Å². The fourth-order valence-corrected chi connectivity index (χ4v) is 5.72. The number of rotatable bonds is 5. The third-order valence-corrected chi connectivity index (χ3v) is 8.24. The van der Waals surface area contributed by atoms with Crippen LogP contribution in [0.1, 0.15) is 55.4 Å². The first-order valence-electron chi connectivity index (χ1n) is 12.7. The van der Waals surface area contributed by atoms with E-state index in [1.807, 2.05) is 0 Å². The lowest BCUT2D eigenvalue weighted by molar-refractivity contribution is -0.300. The maximum absolute atomic E-state index is 14.3. The molecule has 39 heavy (non-hydrogen) atoms. The molecule has 1 aliphatic heterocycles. The van der Waals surface area contributed by atoms with E-state index in [0.717, 1.165) is 6.20 Å². The van der Waals surface area contributed by atoms with Crippen molar-refractivity contribution in [2.24, 2.45) is 5.92 Å². The number of hydrogen-bond acceptors (Lipinski definition) is 7. The number of pyridine rings is 1. The zero-order chi connectivity index (χ0) is 28.2. The highest BCUT2D eigenvalue weighted by molar-refractivity contribution is 5.94. The van der Waals surface area contributed by atoms with Gasteiger partial charge in [-0.3, -0.25) is 14.7 Å². The van der Waals surface area contributed by atoms with Crippen LogP contribution in [0.2, 0.25) is 0 Å². The molecule has 14 heteroatoms. The van der Waals surface area contributed by atoms with Gasteiger partial charge in [0.25, 0.3) is 5.91 Å². The van der Waals surface area contributed by atoms with Crippen molar-refractivity contribution in [3.63, 3.8) is 0 Å². The van der Waals surface area contributed by atoms with Gasteiger partial charge >= 0.3 is 6.18 Å². The Morgan fingerprint density at radius 2 is 1.97 bits per heavy atom. The fourth-order valence-electron chi connectivity index (χ4n) is 5.72. The molecule has 0 radical (unpaired) electrons. The quantitative estimate of drug-likeness (QED) is 0.415. The van der Waals surface area contributed by atoms with E-state index in [9.17, 15) is 37.4 Å². The normalized spacial score (nSPS) is 28.3. The highest BCUT2D eigenvalue weighted by atomic mass is 19.4. The number of aromatic nitrogens is 3. The summed E-state index contributed by atoms with van der Waals surface area (Å²) in [5.41, 5.74) is -3.20. The molecule has 2 aliphatic carbocycles. The summed E-state index contributed by atoms with van der Waals surface area (Å²) in [6, 6.07) is 2.13. The first kappa shape index (κ1) is 27.3. The van der Waals surface area contributed by atoms with Crippen molar-refractivity contribution in [2.75, 3.05) is 13.7 Å². The number of ether oxygens (including phenoxy) is 1. The second-order valence-electron chi connectivity index (χ2n) is 10.7. The molecule has 1 spiro atoms. The van der Waals surface area contributed by atoms with E-state index in [1.165, 1.54) is 19.2 Å². The number of carbonyl (C=O) groups is 2. The van der Waals surface area contributed by atoms with Gasteiger partial charge in [-0.05, 0) is 51.0 Å². The Morgan fingerprint density at radius 3 is 2.62 bits per heavy atom. The summed E-state index contributed by atoms with van der Waals surface area (Å²) in [4.78, 5) is 31.8. The number of alkyl halides is 3. The van der Waals surface area contributed by atoms with E-state index in [2.05, 4.69) is 20.5 Å². The van der Waals surface area contributed by atoms with Crippen molar-refractivity contribution in [2.45, 2.75) is 74.4 Å².